The standard InChI is InChI=1S/C20H18N2O3/c1-22(2)7-6-12-19(24)14-8-13-11(4-3-5-17(13)23)15-9-21-10-16(18(14)15)20(12)25/h3-5,8-10,12,23H,6-7H2,1-2H3. The fourth-order valence-corrected chi connectivity index (χ4v) is 3.64. The molecule has 0 fully saturated rings. The maximum absolute atomic E-state index is 13.0. The van der Waals surface area contributed by atoms with E-state index in [1.165, 1.54) is 0 Å². The fraction of sp³-hybridized carbons (Fsp3) is 0.250. The second-order valence-corrected chi connectivity index (χ2v) is 6.78. The summed E-state index contributed by atoms with van der Waals surface area (Å²) in [7, 11) is 3.83. The highest BCUT2D eigenvalue weighted by Crippen LogP contribution is 2.39. The molecule has 1 aromatic heterocycles. The molecule has 25 heavy (non-hydrogen) atoms. The monoisotopic (exact) mass is 334 g/mol. The molecule has 0 saturated carbocycles. The zero-order chi connectivity index (χ0) is 17.7. The van der Waals surface area contributed by atoms with Crippen molar-refractivity contribution in [2.75, 3.05) is 20.6 Å². The minimum atomic E-state index is -0.689. The molecule has 2 aromatic carbocycles. The molecule has 126 valence electrons. The summed E-state index contributed by atoms with van der Waals surface area (Å²) >= 11 is 0. The molecule has 0 aliphatic heterocycles. The van der Waals surface area contributed by atoms with Crippen LogP contribution in [0.15, 0.2) is 36.7 Å². The van der Waals surface area contributed by atoms with Crippen LogP contribution in [0.4, 0.5) is 0 Å². The summed E-state index contributed by atoms with van der Waals surface area (Å²) in [5, 5.41) is 13.0. The van der Waals surface area contributed by atoms with Crippen LogP contribution < -0.4 is 0 Å². The number of aromatic hydroxyl groups is 1. The lowest BCUT2D eigenvalue weighted by Gasteiger charge is -2.24. The fourth-order valence-electron chi connectivity index (χ4n) is 3.64. The highest BCUT2D eigenvalue weighted by atomic mass is 16.3. The van der Waals surface area contributed by atoms with Gasteiger partial charge in [-0.3, -0.25) is 14.6 Å². The third-order valence-electron chi connectivity index (χ3n) is 4.91. The lowest BCUT2D eigenvalue weighted by atomic mass is 9.78. The van der Waals surface area contributed by atoms with Crippen LogP contribution in [0.5, 0.6) is 5.75 Å². The first-order valence-corrected chi connectivity index (χ1v) is 8.24. The highest BCUT2D eigenvalue weighted by molar-refractivity contribution is 6.32. The molecule has 1 aliphatic rings. The Morgan fingerprint density at radius 2 is 1.80 bits per heavy atom. The molecule has 1 N–H and O–H groups in total. The summed E-state index contributed by atoms with van der Waals surface area (Å²) in [6.45, 7) is 0.652. The number of Topliss-reactive ketones (excluding diaryl/α,β-unsaturated/α-hetero) is 2. The number of hydrogen-bond acceptors (Lipinski definition) is 5. The van der Waals surface area contributed by atoms with Gasteiger partial charge in [-0.2, -0.15) is 0 Å². The number of hydrogen-bond donors (Lipinski definition) is 1. The molecule has 0 saturated heterocycles. The number of nitrogens with zero attached hydrogens (tertiary/aromatic N) is 2. The van der Waals surface area contributed by atoms with E-state index in [1.54, 1.807) is 30.6 Å². The first kappa shape index (κ1) is 15.7. The molecule has 1 heterocycles. The van der Waals surface area contributed by atoms with E-state index < -0.39 is 5.92 Å². The van der Waals surface area contributed by atoms with Gasteiger partial charge in [0.15, 0.2) is 11.6 Å². The van der Waals surface area contributed by atoms with Crippen LogP contribution in [-0.2, 0) is 0 Å². The minimum absolute atomic E-state index is 0.121. The van der Waals surface area contributed by atoms with Gasteiger partial charge in [-0.05, 0) is 44.6 Å². The molecule has 1 unspecified atom stereocenters. The zero-order valence-corrected chi connectivity index (χ0v) is 14.1. The lowest BCUT2D eigenvalue weighted by Crippen LogP contribution is -2.32. The van der Waals surface area contributed by atoms with E-state index in [0.29, 0.717) is 34.9 Å². The first-order chi connectivity index (χ1) is 12.0. The lowest BCUT2D eigenvalue weighted by molar-refractivity contribution is 0.0788. The Labute approximate surface area is 144 Å². The third kappa shape index (κ3) is 2.31. The highest BCUT2D eigenvalue weighted by Gasteiger charge is 2.36. The number of rotatable bonds is 3. The van der Waals surface area contributed by atoms with E-state index in [2.05, 4.69) is 4.98 Å². The van der Waals surface area contributed by atoms with Gasteiger partial charge in [0.05, 0.1) is 5.92 Å². The van der Waals surface area contributed by atoms with Crippen molar-refractivity contribution >= 4 is 33.1 Å². The van der Waals surface area contributed by atoms with Gasteiger partial charge in [0.1, 0.15) is 5.75 Å². The van der Waals surface area contributed by atoms with Gasteiger partial charge >= 0.3 is 0 Å². The van der Waals surface area contributed by atoms with Crippen molar-refractivity contribution < 1.29 is 14.7 Å². The number of phenolic OH excluding ortho intramolecular Hbond substituents is 1. The maximum Gasteiger partial charge on any atom is 0.175 e. The number of phenols is 1. The maximum atomic E-state index is 13.0. The van der Waals surface area contributed by atoms with E-state index in [9.17, 15) is 14.7 Å². The third-order valence-corrected chi connectivity index (χ3v) is 4.91. The smallest absolute Gasteiger partial charge is 0.175 e. The number of aromatic nitrogens is 1. The van der Waals surface area contributed by atoms with Crippen molar-refractivity contribution in [3.8, 4) is 5.75 Å². The quantitative estimate of drug-likeness (QED) is 0.589. The van der Waals surface area contributed by atoms with Gasteiger partial charge in [-0.1, -0.05) is 12.1 Å². The van der Waals surface area contributed by atoms with Crippen LogP contribution >= 0.6 is 0 Å². The van der Waals surface area contributed by atoms with Gasteiger partial charge in [-0.15, -0.1) is 0 Å². The van der Waals surface area contributed by atoms with Crippen molar-refractivity contribution in [3.05, 3.63) is 47.8 Å². The Hall–Kier alpha value is -2.79. The largest absolute Gasteiger partial charge is 0.507 e. The number of carbonyl (C=O) groups excluding carboxylic acids is 2. The molecule has 0 bridgehead atoms. The van der Waals surface area contributed by atoms with Crippen LogP contribution in [0.2, 0.25) is 0 Å². The zero-order valence-electron chi connectivity index (χ0n) is 14.1. The van der Waals surface area contributed by atoms with Gasteiger partial charge in [-0.25, -0.2) is 0 Å². The number of carbonyl (C=O) groups is 2. The van der Waals surface area contributed by atoms with Crippen LogP contribution in [0.25, 0.3) is 21.5 Å². The van der Waals surface area contributed by atoms with Gasteiger partial charge in [0.25, 0.3) is 0 Å². The Kier molecular flexibility index (Phi) is 3.54. The number of ketones is 2. The summed E-state index contributed by atoms with van der Waals surface area (Å²) in [6.07, 6.45) is 3.68. The van der Waals surface area contributed by atoms with Crippen LogP contribution in [0.3, 0.4) is 0 Å². The Morgan fingerprint density at radius 1 is 1.04 bits per heavy atom. The summed E-state index contributed by atoms with van der Waals surface area (Å²) < 4.78 is 0. The molecular formula is C20H18N2O3. The molecule has 0 radical (unpaired) electrons. The van der Waals surface area contributed by atoms with Crippen LogP contribution in [0.1, 0.15) is 27.1 Å². The van der Waals surface area contributed by atoms with Crippen LogP contribution in [-0.4, -0.2) is 47.2 Å². The summed E-state index contributed by atoms with van der Waals surface area (Å²) in [6, 6.07) is 6.93. The van der Waals surface area contributed by atoms with Crippen molar-refractivity contribution in [1.29, 1.82) is 0 Å². The Balaban J connectivity index is 2.01. The van der Waals surface area contributed by atoms with Gasteiger partial charge in [0.2, 0.25) is 0 Å². The predicted octanol–water partition coefficient (Wildman–Crippen LogP) is 3.04. The van der Waals surface area contributed by atoms with Crippen molar-refractivity contribution in [2.24, 2.45) is 5.92 Å². The van der Waals surface area contributed by atoms with E-state index >= 15 is 0 Å². The number of benzene rings is 2. The van der Waals surface area contributed by atoms with Crippen molar-refractivity contribution in [1.82, 2.24) is 9.88 Å². The Morgan fingerprint density at radius 3 is 2.56 bits per heavy atom. The normalized spacial score (nSPS) is 17.0. The van der Waals surface area contributed by atoms with Crippen LogP contribution in [0, 0.1) is 5.92 Å². The topological polar surface area (TPSA) is 70.5 Å². The second kappa shape index (κ2) is 5.63. The summed E-state index contributed by atoms with van der Waals surface area (Å²) in [5.41, 5.74) is 1.01. The average molecular weight is 334 g/mol. The minimum Gasteiger partial charge on any atom is -0.507 e. The van der Waals surface area contributed by atoms with Crippen molar-refractivity contribution in [3.63, 3.8) is 0 Å². The Bertz CT molecular complexity index is 1040. The molecule has 1 aliphatic carbocycles. The van der Waals surface area contributed by atoms with E-state index in [-0.39, 0.29) is 17.3 Å². The molecule has 5 nitrogen and oxygen atoms in total. The van der Waals surface area contributed by atoms with E-state index in [1.807, 2.05) is 25.1 Å². The molecule has 4 rings (SSSR count). The average Bonchev–Trinajstić information content (AvgIpc) is 2.59. The molecule has 5 heteroatoms. The van der Waals surface area contributed by atoms with E-state index in [0.717, 1.165) is 10.8 Å². The van der Waals surface area contributed by atoms with Gasteiger partial charge < -0.3 is 10.0 Å². The summed E-state index contributed by atoms with van der Waals surface area (Å²) in [4.78, 5) is 32.1. The SMILES string of the molecule is CN(C)CCC1C(=O)c2cncc3c2c(cc2c(O)cccc23)C1=O. The van der Waals surface area contributed by atoms with Gasteiger partial charge in [0, 0.05) is 39.7 Å². The number of fused-ring (bicyclic) bond motifs is 2. The molecule has 0 spiro atoms. The molecular weight excluding hydrogens is 316 g/mol. The first-order valence-electron chi connectivity index (χ1n) is 8.24. The second-order valence-electron chi connectivity index (χ2n) is 6.78. The molecule has 3 aromatic rings. The predicted molar refractivity (Wildman–Crippen MR) is 96.2 cm³/mol. The van der Waals surface area contributed by atoms with E-state index in [4.69, 9.17) is 0 Å². The van der Waals surface area contributed by atoms with Crippen molar-refractivity contribution in [2.45, 2.75) is 6.42 Å². The summed E-state index contributed by atoms with van der Waals surface area (Å²) in [5.74, 6) is -0.890. The number of pyridine rings is 1. The molecule has 0 amide bonds. The molecule has 1 atom stereocenters.